The minimum atomic E-state index is -0.726. The minimum Gasteiger partial charge on any atom is -0.479 e. The monoisotopic (exact) mass is 403 g/mol. The van der Waals surface area contributed by atoms with Crippen molar-refractivity contribution >= 4 is 34.8 Å². The highest BCUT2D eigenvalue weighted by atomic mass is 35.5. The second-order valence-corrected chi connectivity index (χ2v) is 6.90. The summed E-state index contributed by atoms with van der Waals surface area (Å²) in [5.74, 6) is 0.117. The van der Waals surface area contributed by atoms with Crippen LogP contribution < -0.4 is 10.1 Å². The van der Waals surface area contributed by atoms with Crippen LogP contribution in [-0.2, 0) is 17.8 Å². The highest BCUT2D eigenvalue weighted by molar-refractivity contribution is 6.35. The molecular formula is C20H19Cl2N3O2. The predicted molar refractivity (Wildman–Crippen MR) is 108 cm³/mol. The molecule has 1 unspecified atom stereocenters. The smallest absolute Gasteiger partial charge is 0.265 e. The molecule has 0 saturated heterocycles. The normalized spacial score (nSPS) is 11.8. The van der Waals surface area contributed by atoms with E-state index >= 15 is 0 Å². The van der Waals surface area contributed by atoms with Crippen LogP contribution in [0.2, 0.25) is 10.0 Å². The summed E-state index contributed by atoms with van der Waals surface area (Å²) >= 11 is 11.9. The van der Waals surface area contributed by atoms with Crippen LogP contribution in [0.3, 0.4) is 0 Å². The molecule has 0 spiro atoms. The van der Waals surface area contributed by atoms with Gasteiger partial charge in [0.05, 0.1) is 16.9 Å². The van der Waals surface area contributed by atoms with Crippen LogP contribution in [0.4, 0.5) is 5.69 Å². The zero-order chi connectivity index (χ0) is 19.2. The molecule has 3 aromatic rings. The SMILES string of the molecule is CC(Oc1ccc(Cl)cc1Cl)C(=O)Nc1cnn(CCc2ccccc2)c1. The van der Waals surface area contributed by atoms with Crippen molar-refractivity contribution in [3.63, 3.8) is 0 Å². The molecule has 0 saturated carbocycles. The summed E-state index contributed by atoms with van der Waals surface area (Å²) in [7, 11) is 0. The van der Waals surface area contributed by atoms with Crippen molar-refractivity contribution in [2.45, 2.75) is 26.0 Å². The van der Waals surface area contributed by atoms with Gasteiger partial charge in [-0.3, -0.25) is 9.48 Å². The molecule has 0 radical (unpaired) electrons. The number of carbonyl (C=O) groups is 1. The number of anilines is 1. The van der Waals surface area contributed by atoms with Gasteiger partial charge >= 0.3 is 0 Å². The third-order valence-corrected chi connectivity index (χ3v) is 4.47. The summed E-state index contributed by atoms with van der Waals surface area (Å²) < 4.78 is 7.41. The second-order valence-electron chi connectivity index (χ2n) is 6.05. The first-order valence-corrected chi connectivity index (χ1v) is 9.26. The molecule has 0 aliphatic rings. The van der Waals surface area contributed by atoms with Crippen LogP contribution in [-0.4, -0.2) is 21.8 Å². The lowest BCUT2D eigenvalue weighted by Crippen LogP contribution is -2.30. The van der Waals surface area contributed by atoms with Gasteiger partial charge in [-0.25, -0.2) is 0 Å². The molecule has 5 nitrogen and oxygen atoms in total. The summed E-state index contributed by atoms with van der Waals surface area (Å²) in [5.41, 5.74) is 1.85. The molecule has 1 N–H and O–H groups in total. The Hall–Kier alpha value is -2.50. The number of carbonyl (C=O) groups excluding carboxylic acids is 1. The molecule has 27 heavy (non-hydrogen) atoms. The molecule has 1 aromatic heterocycles. The molecule has 3 rings (SSSR count). The number of aryl methyl sites for hydroxylation is 2. The van der Waals surface area contributed by atoms with E-state index in [1.165, 1.54) is 5.56 Å². The van der Waals surface area contributed by atoms with Gasteiger partial charge in [0.25, 0.3) is 5.91 Å². The van der Waals surface area contributed by atoms with Gasteiger partial charge in [0.1, 0.15) is 5.75 Å². The summed E-state index contributed by atoms with van der Waals surface area (Å²) in [6.45, 7) is 2.38. The van der Waals surface area contributed by atoms with Gasteiger partial charge in [-0.1, -0.05) is 53.5 Å². The van der Waals surface area contributed by atoms with Crippen LogP contribution in [0.1, 0.15) is 12.5 Å². The zero-order valence-corrected chi connectivity index (χ0v) is 16.2. The molecule has 0 aliphatic carbocycles. The van der Waals surface area contributed by atoms with Crippen LogP contribution in [0.25, 0.3) is 0 Å². The van der Waals surface area contributed by atoms with Crippen molar-refractivity contribution in [2.75, 3.05) is 5.32 Å². The molecular weight excluding hydrogens is 385 g/mol. The number of amides is 1. The molecule has 1 heterocycles. The van der Waals surface area contributed by atoms with E-state index in [9.17, 15) is 4.79 Å². The van der Waals surface area contributed by atoms with E-state index in [0.29, 0.717) is 21.5 Å². The van der Waals surface area contributed by atoms with Gasteiger partial charge in [-0.05, 0) is 37.1 Å². The van der Waals surface area contributed by atoms with E-state index in [2.05, 4.69) is 22.5 Å². The third kappa shape index (κ3) is 5.49. The third-order valence-electron chi connectivity index (χ3n) is 3.94. The Labute approximate surface area is 167 Å². The largest absolute Gasteiger partial charge is 0.479 e. The Morgan fingerprint density at radius 3 is 2.74 bits per heavy atom. The number of nitrogens with one attached hydrogen (secondary N) is 1. The van der Waals surface area contributed by atoms with E-state index in [0.717, 1.165) is 13.0 Å². The summed E-state index contributed by atoms with van der Waals surface area (Å²) in [6.07, 6.45) is 3.55. The van der Waals surface area contributed by atoms with Gasteiger partial charge in [-0.15, -0.1) is 0 Å². The number of hydrogen-bond donors (Lipinski definition) is 1. The lowest BCUT2D eigenvalue weighted by molar-refractivity contribution is -0.122. The molecule has 1 amide bonds. The first-order chi connectivity index (χ1) is 13.0. The van der Waals surface area contributed by atoms with Crippen molar-refractivity contribution in [1.82, 2.24) is 9.78 Å². The molecule has 2 aromatic carbocycles. The van der Waals surface area contributed by atoms with E-state index in [-0.39, 0.29) is 5.91 Å². The maximum atomic E-state index is 12.3. The topological polar surface area (TPSA) is 56.1 Å². The second kappa shape index (κ2) is 8.93. The van der Waals surface area contributed by atoms with Gasteiger partial charge < -0.3 is 10.1 Å². The van der Waals surface area contributed by atoms with Gasteiger partial charge in [-0.2, -0.15) is 5.10 Å². The Bertz CT molecular complexity index is 913. The molecule has 1 atom stereocenters. The summed E-state index contributed by atoms with van der Waals surface area (Å²) in [4.78, 5) is 12.3. The van der Waals surface area contributed by atoms with Crippen molar-refractivity contribution in [3.8, 4) is 5.75 Å². The number of ether oxygens (including phenoxy) is 1. The maximum Gasteiger partial charge on any atom is 0.265 e. The Morgan fingerprint density at radius 2 is 2.00 bits per heavy atom. The number of aromatic nitrogens is 2. The number of nitrogens with zero attached hydrogens (tertiary/aromatic N) is 2. The van der Waals surface area contributed by atoms with Gasteiger partial charge in [0.2, 0.25) is 0 Å². The van der Waals surface area contributed by atoms with E-state index in [1.54, 1.807) is 42.2 Å². The highest BCUT2D eigenvalue weighted by Crippen LogP contribution is 2.28. The maximum absolute atomic E-state index is 12.3. The fraction of sp³-hybridized carbons (Fsp3) is 0.200. The van der Waals surface area contributed by atoms with Crippen molar-refractivity contribution < 1.29 is 9.53 Å². The van der Waals surface area contributed by atoms with E-state index in [1.807, 2.05) is 18.2 Å². The standard InChI is InChI=1S/C20H19Cl2N3O2/c1-14(27-19-8-7-16(21)11-18(19)22)20(26)24-17-12-23-25(13-17)10-9-15-5-3-2-4-6-15/h2-8,11-14H,9-10H2,1H3,(H,24,26). The van der Waals surface area contributed by atoms with Crippen molar-refractivity contribution in [3.05, 3.63) is 76.5 Å². The minimum absolute atomic E-state index is 0.288. The first-order valence-electron chi connectivity index (χ1n) is 8.50. The summed E-state index contributed by atoms with van der Waals surface area (Å²) in [6, 6.07) is 15.0. The Morgan fingerprint density at radius 1 is 1.22 bits per heavy atom. The average Bonchev–Trinajstić information content (AvgIpc) is 3.10. The van der Waals surface area contributed by atoms with Crippen LogP contribution in [0, 0.1) is 0 Å². The van der Waals surface area contributed by atoms with Gasteiger partial charge in [0.15, 0.2) is 6.10 Å². The number of hydrogen-bond acceptors (Lipinski definition) is 3. The van der Waals surface area contributed by atoms with E-state index < -0.39 is 6.10 Å². The molecule has 0 fully saturated rings. The number of halogens is 2. The van der Waals surface area contributed by atoms with Crippen LogP contribution in [0.5, 0.6) is 5.75 Å². The van der Waals surface area contributed by atoms with E-state index in [4.69, 9.17) is 27.9 Å². The lowest BCUT2D eigenvalue weighted by atomic mass is 10.1. The van der Waals surface area contributed by atoms with Crippen LogP contribution in [0.15, 0.2) is 60.9 Å². The van der Waals surface area contributed by atoms with Crippen molar-refractivity contribution in [1.29, 1.82) is 0 Å². The molecule has 0 bridgehead atoms. The highest BCUT2D eigenvalue weighted by Gasteiger charge is 2.17. The Kier molecular flexibility index (Phi) is 6.37. The molecule has 0 aliphatic heterocycles. The average molecular weight is 404 g/mol. The van der Waals surface area contributed by atoms with Crippen LogP contribution >= 0.6 is 23.2 Å². The first kappa shape index (κ1) is 19.3. The quantitative estimate of drug-likeness (QED) is 0.613. The fourth-order valence-corrected chi connectivity index (χ4v) is 2.95. The summed E-state index contributed by atoms with van der Waals surface area (Å²) in [5, 5.41) is 7.94. The Balaban J connectivity index is 1.53. The molecule has 140 valence electrons. The predicted octanol–water partition coefficient (Wildman–Crippen LogP) is 4.84. The van der Waals surface area contributed by atoms with Crippen molar-refractivity contribution in [2.24, 2.45) is 0 Å². The lowest BCUT2D eigenvalue weighted by Gasteiger charge is -2.15. The number of rotatable bonds is 7. The fourth-order valence-electron chi connectivity index (χ4n) is 2.50. The number of benzene rings is 2. The molecule has 7 heteroatoms. The van der Waals surface area contributed by atoms with Gasteiger partial charge in [0, 0.05) is 17.8 Å². The zero-order valence-electron chi connectivity index (χ0n) is 14.7.